The highest BCUT2D eigenvalue weighted by atomic mass is 32.2. The first-order valence-corrected chi connectivity index (χ1v) is 9.62. The van der Waals surface area contributed by atoms with Crippen molar-refractivity contribution in [1.82, 2.24) is 10.2 Å². The Hall–Kier alpha value is -2.18. The van der Waals surface area contributed by atoms with Crippen LogP contribution in [0, 0.1) is 20.8 Å². The van der Waals surface area contributed by atoms with Gasteiger partial charge < -0.3 is 5.32 Å². The Bertz CT molecular complexity index is 877. The van der Waals surface area contributed by atoms with E-state index < -0.39 is 0 Å². The second-order valence-corrected chi connectivity index (χ2v) is 8.34. The van der Waals surface area contributed by atoms with Crippen LogP contribution in [-0.2, 0) is 4.79 Å². The molecule has 6 heteroatoms. The molecule has 4 nitrogen and oxygen atoms in total. The number of nitrogens with zero attached hydrogens (tertiary/aromatic N) is 2. The molecule has 3 aromatic rings. The van der Waals surface area contributed by atoms with Crippen molar-refractivity contribution in [1.29, 1.82) is 0 Å². The second-order valence-electron chi connectivity index (χ2n) is 5.80. The minimum atomic E-state index is -0.381. The Morgan fingerprint density at radius 3 is 2.52 bits per heavy atom. The van der Waals surface area contributed by atoms with E-state index >= 15 is 0 Å². The molecule has 0 radical (unpaired) electrons. The van der Waals surface area contributed by atoms with Crippen molar-refractivity contribution < 1.29 is 4.79 Å². The number of hydrogen-bond acceptors (Lipinski definition) is 5. The van der Waals surface area contributed by atoms with E-state index in [9.17, 15) is 4.79 Å². The maximum Gasteiger partial charge on any atom is 0.242 e. The largest absolute Gasteiger partial charge is 0.325 e. The zero-order valence-electron chi connectivity index (χ0n) is 14.3. The van der Waals surface area contributed by atoms with Crippen LogP contribution < -0.4 is 5.32 Å². The highest BCUT2D eigenvalue weighted by Crippen LogP contribution is 2.37. The Balaban J connectivity index is 1.88. The minimum absolute atomic E-state index is 0.0576. The first kappa shape index (κ1) is 17.6. The third-order valence-electron chi connectivity index (χ3n) is 3.72. The van der Waals surface area contributed by atoms with Gasteiger partial charge in [0.05, 0.1) is 0 Å². The topological polar surface area (TPSA) is 54.9 Å². The molecule has 0 bridgehead atoms. The molecule has 1 amide bonds. The summed E-state index contributed by atoms with van der Waals surface area (Å²) < 4.78 is 0.794. The number of carbonyl (C=O) groups excluding carboxylic acids is 1. The zero-order chi connectivity index (χ0) is 17.8. The van der Waals surface area contributed by atoms with E-state index in [1.165, 1.54) is 23.1 Å². The monoisotopic (exact) mass is 369 g/mol. The number of aromatic nitrogens is 2. The highest BCUT2D eigenvalue weighted by Gasteiger charge is 2.24. The number of amides is 1. The summed E-state index contributed by atoms with van der Waals surface area (Å²) in [6.45, 7) is 5.92. The standard InChI is InChI=1S/C19H19N3OS2/c1-12-9-10-13(2)16(11-12)20-18(23)17(15-7-5-4-6-8-15)25-19-22-21-14(3)24-19/h4-11,17H,1-3H3,(H,20,23). The Labute approximate surface area is 155 Å². The molecule has 1 aromatic heterocycles. The Morgan fingerprint density at radius 2 is 1.84 bits per heavy atom. The van der Waals surface area contributed by atoms with Gasteiger partial charge in [0.1, 0.15) is 10.3 Å². The molecule has 2 aromatic carbocycles. The molecule has 0 saturated heterocycles. The lowest BCUT2D eigenvalue weighted by Gasteiger charge is -2.17. The fourth-order valence-corrected chi connectivity index (χ4v) is 4.40. The van der Waals surface area contributed by atoms with Gasteiger partial charge in [-0.25, -0.2) is 0 Å². The Morgan fingerprint density at radius 1 is 1.08 bits per heavy atom. The number of nitrogens with one attached hydrogen (secondary N) is 1. The molecule has 128 valence electrons. The van der Waals surface area contributed by atoms with E-state index in [4.69, 9.17) is 0 Å². The van der Waals surface area contributed by atoms with Crippen molar-refractivity contribution in [3.8, 4) is 0 Å². The van der Waals surface area contributed by atoms with E-state index in [-0.39, 0.29) is 11.2 Å². The molecule has 0 fully saturated rings. The Kier molecular flexibility index (Phi) is 5.50. The number of hydrogen-bond donors (Lipinski definition) is 1. The predicted molar refractivity (Wildman–Crippen MR) is 104 cm³/mol. The fourth-order valence-electron chi connectivity index (χ4n) is 2.40. The molecule has 0 aliphatic carbocycles. The van der Waals surface area contributed by atoms with Crippen molar-refractivity contribution in [3.05, 3.63) is 70.2 Å². The number of rotatable bonds is 5. The van der Waals surface area contributed by atoms with Gasteiger partial charge in [-0.15, -0.1) is 10.2 Å². The maximum absolute atomic E-state index is 13.0. The van der Waals surface area contributed by atoms with Gasteiger partial charge in [0, 0.05) is 5.69 Å². The summed E-state index contributed by atoms with van der Waals surface area (Å²) >= 11 is 2.93. The molecule has 1 unspecified atom stereocenters. The van der Waals surface area contributed by atoms with Crippen molar-refractivity contribution in [2.45, 2.75) is 30.4 Å². The van der Waals surface area contributed by atoms with Crippen LogP contribution in [0.25, 0.3) is 0 Å². The van der Waals surface area contributed by atoms with Crippen LogP contribution in [-0.4, -0.2) is 16.1 Å². The average molecular weight is 370 g/mol. The van der Waals surface area contributed by atoms with E-state index in [1.807, 2.05) is 69.3 Å². The van der Waals surface area contributed by atoms with Gasteiger partial charge in [-0.3, -0.25) is 4.79 Å². The van der Waals surface area contributed by atoms with E-state index in [0.29, 0.717) is 0 Å². The summed E-state index contributed by atoms with van der Waals surface area (Å²) in [6, 6.07) is 15.8. The summed E-state index contributed by atoms with van der Waals surface area (Å²) in [5.74, 6) is -0.0576. The third-order valence-corrected chi connectivity index (χ3v) is 5.89. The van der Waals surface area contributed by atoms with E-state index in [2.05, 4.69) is 15.5 Å². The lowest BCUT2D eigenvalue weighted by molar-refractivity contribution is -0.115. The van der Waals surface area contributed by atoms with Crippen molar-refractivity contribution in [2.24, 2.45) is 0 Å². The van der Waals surface area contributed by atoms with Crippen molar-refractivity contribution >= 4 is 34.7 Å². The summed E-state index contributed by atoms with van der Waals surface area (Å²) in [6.07, 6.45) is 0. The fraction of sp³-hybridized carbons (Fsp3) is 0.211. The van der Waals surface area contributed by atoms with Crippen molar-refractivity contribution in [3.63, 3.8) is 0 Å². The molecular weight excluding hydrogens is 350 g/mol. The molecule has 3 rings (SSSR count). The summed E-state index contributed by atoms with van der Waals surface area (Å²) in [4.78, 5) is 13.0. The number of benzene rings is 2. The highest BCUT2D eigenvalue weighted by molar-refractivity contribution is 8.01. The van der Waals surface area contributed by atoms with Crippen LogP contribution in [0.2, 0.25) is 0 Å². The van der Waals surface area contributed by atoms with Gasteiger partial charge in [0.15, 0.2) is 4.34 Å². The molecular formula is C19H19N3OS2. The third kappa shape index (κ3) is 4.46. The molecule has 1 N–H and O–H groups in total. The van der Waals surface area contributed by atoms with E-state index in [0.717, 1.165) is 31.7 Å². The van der Waals surface area contributed by atoms with Crippen LogP contribution in [0.15, 0.2) is 52.9 Å². The summed E-state index contributed by atoms with van der Waals surface area (Å²) in [5.41, 5.74) is 3.95. The quantitative estimate of drug-likeness (QED) is 0.648. The van der Waals surface area contributed by atoms with Gasteiger partial charge >= 0.3 is 0 Å². The smallest absolute Gasteiger partial charge is 0.242 e. The van der Waals surface area contributed by atoms with Gasteiger partial charge in [0.25, 0.3) is 0 Å². The molecule has 1 heterocycles. The van der Waals surface area contributed by atoms with Gasteiger partial charge in [-0.2, -0.15) is 0 Å². The summed E-state index contributed by atoms with van der Waals surface area (Å²) in [5, 5.41) is 11.8. The van der Waals surface area contributed by atoms with Gasteiger partial charge in [-0.05, 0) is 43.5 Å². The number of thioether (sulfide) groups is 1. The van der Waals surface area contributed by atoms with Crippen molar-refractivity contribution in [2.75, 3.05) is 5.32 Å². The zero-order valence-corrected chi connectivity index (χ0v) is 15.9. The molecule has 1 atom stereocenters. The van der Waals surface area contributed by atoms with Gasteiger partial charge in [0.2, 0.25) is 5.91 Å². The predicted octanol–water partition coefficient (Wildman–Crippen LogP) is 4.94. The SMILES string of the molecule is Cc1ccc(C)c(NC(=O)C(Sc2nnc(C)s2)c2ccccc2)c1. The molecule has 0 saturated carbocycles. The molecule has 0 spiro atoms. The first-order chi connectivity index (χ1) is 12.0. The number of anilines is 1. The lowest BCUT2D eigenvalue weighted by atomic mass is 10.1. The summed E-state index contributed by atoms with van der Waals surface area (Å²) in [7, 11) is 0. The second kappa shape index (κ2) is 7.80. The molecule has 25 heavy (non-hydrogen) atoms. The lowest BCUT2D eigenvalue weighted by Crippen LogP contribution is -2.19. The first-order valence-electron chi connectivity index (χ1n) is 7.93. The number of carbonyl (C=O) groups is 1. The number of aryl methyl sites for hydroxylation is 3. The van der Waals surface area contributed by atoms with Crippen LogP contribution in [0.4, 0.5) is 5.69 Å². The normalized spacial score (nSPS) is 12.0. The minimum Gasteiger partial charge on any atom is -0.325 e. The average Bonchev–Trinajstić information content (AvgIpc) is 3.02. The molecule has 0 aliphatic rings. The maximum atomic E-state index is 13.0. The van der Waals surface area contributed by atoms with E-state index in [1.54, 1.807) is 0 Å². The van der Waals surface area contributed by atoms with Crippen LogP contribution in [0.5, 0.6) is 0 Å². The van der Waals surface area contributed by atoms with Gasteiger partial charge in [-0.1, -0.05) is 65.6 Å². The van der Waals surface area contributed by atoms with Crippen LogP contribution in [0.1, 0.15) is 26.9 Å². The van der Waals surface area contributed by atoms with Crippen LogP contribution in [0.3, 0.4) is 0 Å². The van der Waals surface area contributed by atoms with Crippen LogP contribution >= 0.6 is 23.1 Å². The molecule has 0 aliphatic heterocycles.